The summed E-state index contributed by atoms with van der Waals surface area (Å²) in [6, 6.07) is 4.07. The van der Waals surface area contributed by atoms with Crippen LogP contribution in [0.25, 0.3) is 0 Å². The Kier molecular flexibility index (Phi) is 4.47. The zero-order valence-electron chi connectivity index (χ0n) is 9.46. The van der Waals surface area contributed by atoms with Gasteiger partial charge in [0.1, 0.15) is 5.82 Å². The van der Waals surface area contributed by atoms with Crippen LogP contribution in [0.2, 0.25) is 0 Å². The number of hydrogen-bond donors (Lipinski definition) is 2. The summed E-state index contributed by atoms with van der Waals surface area (Å²) in [5.74, 6) is -1.11. The molecule has 0 spiro atoms. The van der Waals surface area contributed by atoms with E-state index in [4.69, 9.17) is 0 Å². The van der Waals surface area contributed by atoms with Gasteiger partial charge in [-0.3, -0.25) is 0 Å². The Bertz CT molecular complexity index is 423. The third-order valence-electron chi connectivity index (χ3n) is 2.18. The lowest BCUT2D eigenvalue weighted by Gasteiger charge is -2.21. The molecule has 1 rings (SSSR count). The normalized spacial score (nSPS) is 13.9. The number of hydrogen-bond acceptors (Lipinski definition) is 4. The number of anilines is 1. The molecule has 0 heterocycles. The number of nitrogens with one attached hydrogen (secondary N) is 1. The van der Waals surface area contributed by atoms with Crippen molar-refractivity contribution in [2.45, 2.75) is 12.5 Å². The van der Waals surface area contributed by atoms with Crippen molar-refractivity contribution in [3.8, 4) is 0 Å². The number of halogens is 2. The van der Waals surface area contributed by atoms with Crippen molar-refractivity contribution in [2.24, 2.45) is 0 Å². The van der Waals surface area contributed by atoms with Crippen molar-refractivity contribution in [2.75, 3.05) is 19.0 Å². The molecule has 1 aromatic carbocycles. The molecular formula is C11H13BrFNO3. The van der Waals surface area contributed by atoms with E-state index in [9.17, 15) is 14.3 Å². The van der Waals surface area contributed by atoms with Gasteiger partial charge in [0.2, 0.25) is 0 Å². The van der Waals surface area contributed by atoms with Gasteiger partial charge in [0, 0.05) is 10.2 Å². The molecule has 2 N–H and O–H groups in total. The van der Waals surface area contributed by atoms with Crippen molar-refractivity contribution in [3.05, 3.63) is 28.5 Å². The lowest BCUT2D eigenvalue weighted by molar-refractivity contribution is -0.158. The Morgan fingerprint density at radius 3 is 2.82 bits per heavy atom. The molecule has 1 unspecified atom stereocenters. The van der Waals surface area contributed by atoms with E-state index in [0.29, 0.717) is 10.2 Å². The molecule has 0 amide bonds. The van der Waals surface area contributed by atoms with Crippen LogP contribution in [-0.4, -0.2) is 30.3 Å². The van der Waals surface area contributed by atoms with E-state index >= 15 is 0 Å². The summed E-state index contributed by atoms with van der Waals surface area (Å²) in [7, 11) is 1.20. The van der Waals surface area contributed by atoms with E-state index in [0.717, 1.165) is 0 Å². The van der Waals surface area contributed by atoms with E-state index < -0.39 is 11.6 Å². The Hall–Kier alpha value is -1.14. The highest BCUT2D eigenvalue weighted by molar-refractivity contribution is 9.10. The number of carbonyl (C=O) groups excluding carboxylic acids is 1. The molecule has 0 aromatic heterocycles. The smallest absolute Gasteiger partial charge is 0.339 e. The average Bonchev–Trinajstić information content (AvgIpc) is 2.26. The fourth-order valence-corrected chi connectivity index (χ4v) is 1.68. The van der Waals surface area contributed by atoms with Crippen LogP contribution in [0.15, 0.2) is 22.7 Å². The second kappa shape index (κ2) is 5.46. The first-order valence-corrected chi connectivity index (χ1v) is 5.66. The predicted molar refractivity (Wildman–Crippen MR) is 65.2 cm³/mol. The molecule has 0 fully saturated rings. The summed E-state index contributed by atoms with van der Waals surface area (Å²) in [6.45, 7) is 1.30. The molecule has 17 heavy (non-hydrogen) atoms. The summed E-state index contributed by atoms with van der Waals surface area (Å²) in [6.07, 6.45) is 0. The first kappa shape index (κ1) is 13.9. The number of esters is 1. The maximum Gasteiger partial charge on any atom is 0.339 e. The van der Waals surface area contributed by atoms with Crippen LogP contribution >= 0.6 is 15.9 Å². The molecular weight excluding hydrogens is 293 g/mol. The number of methoxy groups -OCH3 is 1. The minimum atomic E-state index is -1.64. The fraction of sp³-hybridized carbons (Fsp3) is 0.364. The number of carbonyl (C=O) groups is 1. The first-order valence-electron chi connectivity index (χ1n) is 4.86. The zero-order chi connectivity index (χ0) is 13.1. The maximum atomic E-state index is 12.8. The van der Waals surface area contributed by atoms with E-state index in [1.165, 1.54) is 32.2 Å². The predicted octanol–water partition coefficient (Wildman–Crippen LogP) is 1.92. The molecule has 94 valence electrons. The summed E-state index contributed by atoms with van der Waals surface area (Å²) in [5.41, 5.74) is -1.06. The minimum absolute atomic E-state index is 0.0378. The summed E-state index contributed by atoms with van der Waals surface area (Å²) < 4.78 is 17.8. The van der Waals surface area contributed by atoms with Gasteiger partial charge in [-0.1, -0.05) is 0 Å². The molecule has 6 heteroatoms. The Morgan fingerprint density at radius 1 is 1.65 bits per heavy atom. The molecule has 0 aliphatic carbocycles. The highest BCUT2D eigenvalue weighted by Gasteiger charge is 2.31. The summed E-state index contributed by atoms with van der Waals surface area (Å²) in [5, 5.41) is 12.6. The van der Waals surface area contributed by atoms with E-state index in [2.05, 4.69) is 26.0 Å². The van der Waals surface area contributed by atoms with Crippen molar-refractivity contribution in [1.82, 2.24) is 0 Å². The van der Waals surface area contributed by atoms with Crippen LogP contribution in [-0.2, 0) is 9.53 Å². The van der Waals surface area contributed by atoms with Gasteiger partial charge in [-0.15, -0.1) is 0 Å². The Balaban J connectivity index is 2.70. The van der Waals surface area contributed by atoms with E-state index in [1.54, 1.807) is 0 Å². The summed E-state index contributed by atoms with van der Waals surface area (Å²) >= 11 is 3.17. The molecule has 4 nitrogen and oxygen atoms in total. The monoisotopic (exact) mass is 305 g/mol. The Morgan fingerprint density at radius 2 is 2.29 bits per heavy atom. The lowest BCUT2D eigenvalue weighted by atomic mass is 10.1. The SMILES string of the molecule is COC(=O)C(C)(O)CNc1ccc(F)cc1Br. The van der Waals surface area contributed by atoms with Crippen LogP contribution in [0.3, 0.4) is 0 Å². The highest BCUT2D eigenvalue weighted by Crippen LogP contribution is 2.23. The average molecular weight is 306 g/mol. The lowest BCUT2D eigenvalue weighted by Crippen LogP contribution is -2.42. The van der Waals surface area contributed by atoms with Gasteiger partial charge >= 0.3 is 5.97 Å². The standard InChI is InChI=1S/C11H13BrFNO3/c1-11(16,10(15)17-2)6-14-9-4-3-7(13)5-8(9)12/h3-5,14,16H,6H2,1-2H3. The second-order valence-corrected chi connectivity index (χ2v) is 4.60. The quantitative estimate of drug-likeness (QED) is 0.835. The van der Waals surface area contributed by atoms with Gasteiger partial charge in [-0.25, -0.2) is 9.18 Å². The topological polar surface area (TPSA) is 58.6 Å². The molecule has 0 aliphatic rings. The number of rotatable bonds is 4. The summed E-state index contributed by atoms with van der Waals surface area (Å²) in [4.78, 5) is 11.2. The second-order valence-electron chi connectivity index (χ2n) is 3.74. The van der Waals surface area contributed by atoms with Crippen molar-refractivity contribution >= 4 is 27.6 Å². The molecule has 1 aromatic rings. The molecule has 0 bridgehead atoms. The highest BCUT2D eigenvalue weighted by atomic mass is 79.9. The van der Waals surface area contributed by atoms with Crippen LogP contribution in [0, 0.1) is 5.82 Å². The van der Waals surface area contributed by atoms with E-state index in [-0.39, 0.29) is 12.4 Å². The van der Waals surface area contributed by atoms with Crippen molar-refractivity contribution in [3.63, 3.8) is 0 Å². The van der Waals surface area contributed by atoms with Gasteiger partial charge < -0.3 is 15.2 Å². The third kappa shape index (κ3) is 3.67. The number of aliphatic hydroxyl groups is 1. The number of ether oxygens (including phenoxy) is 1. The van der Waals surface area contributed by atoms with Gasteiger partial charge in [-0.05, 0) is 41.1 Å². The van der Waals surface area contributed by atoms with Gasteiger partial charge in [-0.2, -0.15) is 0 Å². The minimum Gasteiger partial charge on any atom is -0.467 e. The molecule has 0 saturated heterocycles. The zero-order valence-corrected chi connectivity index (χ0v) is 11.0. The van der Waals surface area contributed by atoms with Crippen LogP contribution in [0.1, 0.15) is 6.92 Å². The fourth-order valence-electron chi connectivity index (χ4n) is 1.19. The third-order valence-corrected chi connectivity index (χ3v) is 2.84. The molecule has 0 saturated carbocycles. The molecule has 0 radical (unpaired) electrons. The number of benzene rings is 1. The molecule has 0 aliphatic heterocycles. The van der Waals surface area contributed by atoms with Crippen LogP contribution in [0.4, 0.5) is 10.1 Å². The van der Waals surface area contributed by atoms with Crippen LogP contribution in [0.5, 0.6) is 0 Å². The van der Waals surface area contributed by atoms with Crippen molar-refractivity contribution < 1.29 is 19.0 Å². The van der Waals surface area contributed by atoms with Crippen LogP contribution < -0.4 is 5.32 Å². The van der Waals surface area contributed by atoms with Crippen molar-refractivity contribution in [1.29, 1.82) is 0 Å². The van der Waals surface area contributed by atoms with Gasteiger partial charge in [0.25, 0.3) is 0 Å². The largest absolute Gasteiger partial charge is 0.467 e. The van der Waals surface area contributed by atoms with Gasteiger partial charge in [0.05, 0.1) is 13.7 Å². The first-order chi connectivity index (χ1) is 7.86. The van der Waals surface area contributed by atoms with Gasteiger partial charge in [0.15, 0.2) is 5.60 Å². The molecule has 1 atom stereocenters. The Labute approximate surface area is 107 Å². The van der Waals surface area contributed by atoms with E-state index in [1.807, 2.05) is 0 Å². The maximum absolute atomic E-state index is 12.8.